The van der Waals surface area contributed by atoms with Gasteiger partial charge in [-0.15, -0.1) is 30.6 Å². The Kier molecular flexibility index (Phi) is 17.9. The van der Waals surface area contributed by atoms with Crippen LogP contribution in [-0.2, 0) is 0 Å². The fraction of sp³-hybridized carbons (Fsp3) is 0. The third-order valence-corrected chi connectivity index (χ3v) is 30.5. The second-order valence-electron chi connectivity index (χ2n) is 38.5. The van der Waals surface area contributed by atoms with E-state index < -0.39 is 0 Å². The van der Waals surface area contributed by atoms with Gasteiger partial charge in [0.2, 0.25) is 0 Å². The minimum atomic E-state index is 0.856. The monoisotopic (exact) mass is 1870 g/mol. The summed E-state index contributed by atoms with van der Waals surface area (Å²) in [5.41, 5.74) is 39.4. The average molecular weight is 1870 g/mol. The topological polar surface area (TPSA) is 112 Å². The summed E-state index contributed by atoms with van der Waals surface area (Å²) in [6.07, 6.45) is 0. The zero-order valence-electron chi connectivity index (χ0n) is 79.1. The van der Waals surface area contributed by atoms with Crippen LogP contribution in [0, 0.1) is 0 Å². The third kappa shape index (κ3) is 12.6. The molecule has 33 rings (SSSR count). The molecule has 147 heavy (non-hydrogen) atoms. The second kappa shape index (κ2) is 32.3. The van der Waals surface area contributed by atoms with Gasteiger partial charge in [0, 0.05) is 81.8 Å². The number of nitrogens with zero attached hydrogens (tertiary/aromatic N) is 13. The van der Waals surface area contributed by atoms with E-state index in [0.717, 1.165) is 128 Å². The first-order valence-electron chi connectivity index (χ1n) is 50.0. The van der Waals surface area contributed by atoms with Gasteiger partial charge in [-0.3, -0.25) is 0 Å². The Labute approximate surface area is 840 Å². The second-order valence-corrected chi connectivity index (χ2v) is 38.5. The van der Waals surface area contributed by atoms with E-state index >= 15 is 0 Å². The van der Waals surface area contributed by atoms with Gasteiger partial charge in [-0.1, -0.05) is 340 Å². The van der Waals surface area contributed by atoms with Crippen molar-refractivity contribution in [3.63, 3.8) is 0 Å². The van der Waals surface area contributed by atoms with E-state index in [2.05, 4.69) is 419 Å². The van der Waals surface area contributed by atoms with Crippen LogP contribution in [0.5, 0.6) is 0 Å². The van der Waals surface area contributed by atoms with E-state index in [1.165, 1.54) is 164 Å². The van der Waals surface area contributed by atoms with Crippen molar-refractivity contribution in [1.29, 1.82) is 0 Å². The maximum atomic E-state index is 4.97. The molecule has 31 aromatic rings. The van der Waals surface area contributed by atoms with Crippen molar-refractivity contribution in [2.75, 3.05) is 0 Å². The summed E-state index contributed by atoms with van der Waals surface area (Å²) in [4.78, 5) is 5.19. The molecule has 0 radical (unpaired) electrons. The maximum absolute atomic E-state index is 4.97. The predicted octanol–water partition coefficient (Wildman–Crippen LogP) is 33.7. The Morgan fingerprint density at radius 1 is 0.143 bits per heavy atom. The number of fused-ring (bicyclic) bond motifs is 21. The van der Waals surface area contributed by atoms with Crippen LogP contribution in [0.4, 0.5) is 0 Å². The Balaban J connectivity index is 0.0000001000. The Morgan fingerprint density at radius 2 is 0.503 bits per heavy atom. The van der Waals surface area contributed by atoms with Gasteiger partial charge in [-0.05, 0) is 256 Å². The first-order valence-corrected chi connectivity index (χ1v) is 50.0. The van der Waals surface area contributed by atoms with Gasteiger partial charge in [-0.2, -0.15) is 14.4 Å². The van der Waals surface area contributed by atoms with Crippen molar-refractivity contribution in [3.8, 4) is 118 Å². The molecule has 0 amide bonds. The van der Waals surface area contributed by atoms with Crippen molar-refractivity contribution >= 4 is 174 Å². The normalized spacial score (nSPS) is 12.1. The summed E-state index contributed by atoms with van der Waals surface area (Å²) < 4.78 is 9.82. The highest BCUT2D eigenvalue weighted by Gasteiger charge is 2.30. The molecular weight excluding hydrogens is 1790 g/mol. The molecule has 0 aliphatic heterocycles. The van der Waals surface area contributed by atoms with Crippen molar-refractivity contribution in [3.05, 3.63) is 491 Å². The third-order valence-electron chi connectivity index (χ3n) is 30.5. The van der Waals surface area contributed by atoms with E-state index in [1.54, 1.807) is 14.4 Å². The summed E-state index contributed by atoms with van der Waals surface area (Å²) in [7, 11) is 0. The quantitative estimate of drug-likeness (QED) is 0.135. The van der Waals surface area contributed by atoms with Crippen molar-refractivity contribution in [1.82, 2.24) is 63.3 Å². The Bertz CT molecular complexity index is 11000. The molecule has 0 atom stereocenters. The Hall–Kier alpha value is -20.0. The molecule has 24 aromatic carbocycles. The molecule has 682 valence electrons. The van der Waals surface area contributed by atoms with Crippen LogP contribution in [-0.4, -0.2) is 63.3 Å². The minimum absolute atomic E-state index is 0.856. The smallest absolute Gasteiger partial charge is 0.121 e. The van der Waals surface area contributed by atoms with Gasteiger partial charge in [0.1, 0.15) is 33.1 Å². The van der Waals surface area contributed by atoms with Gasteiger partial charge in [0.15, 0.2) is 0 Å². The van der Waals surface area contributed by atoms with Crippen LogP contribution < -0.4 is 0 Å². The largest absolute Gasteiger partial charge is 0.309 e. The maximum Gasteiger partial charge on any atom is 0.121 e. The summed E-state index contributed by atoms with van der Waals surface area (Å²) in [5, 5.41) is 51.5. The molecule has 2 aliphatic carbocycles. The van der Waals surface area contributed by atoms with Crippen LogP contribution in [0.3, 0.4) is 0 Å². The lowest BCUT2D eigenvalue weighted by atomic mass is 9.93. The molecular formula is C134H81N13. The minimum Gasteiger partial charge on any atom is -0.309 e. The first-order chi connectivity index (χ1) is 72.9. The number of para-hydroxylation sites is 7. The first kappa shape index (κ1) is 81.8. The molecule has 0 fully saturated rings. The van der Waals surface area contributed by atoms with Gasteiger partial charge in [0.25, 0.3) is 0 Å². The van der Waals surface area contributed by atoms with Crippen molar-refractivity contribution < 1.29 is 0 Å². The number of hydrogen-bond donors (Lipinski definition) is 0. The predicted molar refractivity (Wildman–Crippen MR) is 607 cm³/mol. The summed E-state index contributed by atoms with van der Waals surface area (Å²) in [6.45, 7) is 0. The lowest BCUT2D eigenvalue weighted by Gasteiger charge is -2.16. The van der Waals surface area contributed by atoms with Crippen LogP contribution in [0.1, 0.15) is 0 Å². The molecule has 13 nitrogen and oxygen atoms in total. The van der Waals surface area contributed by atoms with Crippen LogP contribution in [0.15, 0.2) is 491 Å². The molecule has 0 bridgehead atoms. The summed E-state index contributed by atoms with van der Waals surface area (Å²) in [5.74, 6) is 0. The van der Waals surface area contributed by atoms with Crippen LogP contribution in [0.25, 0.3) is 292 Å². The lowest BCUT2D eigenvalue weighted by Crippen LogP contribution is -1.98. The van der Waals surface area contributed by atoms with Crippen molar-refractivity contribution in [2.45, 2.75) is 0 Å². The SMILES string of the molecule is c1ccc(-n2nc3ccc(-c4ccccc4-n4c5ccccc5c5cc6c7ccc8ccccc8c7n(-c7ccccc7)c6cc54)cc3n2)cc1.c1ccc(-n2nc3ccc4ccc(-c5cccc(-n6c7cccc8c7c7c9c(cccc9ccc76)-c6ccccc6-8)c5)cc4c3n2)cc1.c1ccc(-n2nc3ccc4ccc(-c5ccccc5-n5c6cccc7c6c6c8c(cccc8ccc65)-c5ccccc5-7)cc4c3n2)cc1. The average Bonchev–Trinajstić information content (AvgIpc) is 1.54. The molecule has 0 saturated carbocycles. The molecule has 13 heteroatoms. The number of hydrogen-bond acceptors (Lipinski definition) is 6. The van der Waals surface area contributed by atoms with Crippen molar-refractivity contribution in [2.24, 2.45) is 0 Å². The van der Waals surface area contributed by atoms with Gasteiger partial charge in [0.05, 0.1) is 72.6 Å². The molecule has 0 N–H and O–H groups in total. The van der Waals surface area contributed by atoms with Gasteiger partial charge < -0.3 is 18.3 Å². The highest BCUT2D eigenvalue weighted by Crippen LogP contribution is 2.54. The van der Waals surface area contributed by atoms with Crippen LogP contribution in [0.2, 0.25) is 0 Å². The standard InChI is InChI=1S/C46H29N5.2C44H26N4/c1-3-14-32(15-4-1)49-44-29-45-38(28-39(44)37-25-23-30-13-7-8-19-35(30)46(37)49)36-20-10-12-22-43(36)50(45)42-21-11-9-18-34(42)31-24-26-40-41(27-31)48-51(47-40)33-16-5-2-6-17-33;1-2-11-31(12-3-1)48-45-38-23-21-27-19-20-30(26-37(27)44(38)46-48)29-10-6-13-32(25-29)47-39-18-8-17-36-34-15-5-4-14-33(34)35-16-7-9-28-22-24-40(47)43(41(28)35)42(36)39;1-2-11-30(12-3-1)48-45-37-24-22-27-20-21-29(26-36(27)44(37)46-48)31-13-6-7-18-38(31)47-39-19-9-17-35-33-15-5-4-14-32(33)34-16-8-10-28-23-25-40(47)43(41(28)34)42(35)39/h1-29H;2*1-26H. The van der Waals surface area contributed by atoms with E-state index in [-0.39, 0.29) is 0 Å². The van der Waals surface area contributed by atoms with Gasteiger partial charge in [-0.25, -0.2) is 0 Å². The molecule has 7 heterocycles. The fourth-order valence-corrected chi connectivity index (χ4v) is 24.0. The lowest BCUT2D eigenvalue weighted by molar-refractivity contribution is 0.766. The van der Waals surface area contributed by atoms with E-state index in [9.17, 15) is 0 Å². The highest BCUT2D eigenvalue weighted by atomic mass is 15.5. The van der Waals surface area contributed by atoms with Gasteiger partial charge >= 0.3 is 0 Å². The molecule has 0 unspecified atom stereocenters. The Morgan fingerprint density at radius 3 is 1.10 bits per heavy atom. The summed E-state index contributed by atoms with van der Waals surface area (Å²) in [6, 6.07) is 176. The molecule has 0 spiro atoms. The molecule has 2 aliphatic rings. The number of rotatable bonds is 10. The number of aromatic nitrogens is 13. The summed E-state index contributed by atoms with van der Waals surface area (Å²) >= 11 is 0. The van der Waals surface area contributed by atoms with E-state index in [1.807, 2.05) is 91.0 Å². The fourth-order valence-electron chi connectivity index (χ4n) is 24.0. The highest BCUT2D eigenvalue weighted by molar-refractivity contribution is 6.33. The van der Waals surface area contributed by atoms with Crippen LogP contribution >= 0.6 is 0 Å². The zero-order chi connectivity index (χ0) is 96.2. The van der Waals surface area contributed by atoms with E-state index in [4.69, 9.17) is 30.6 Å². The number of benzene rings is 24. The molecule has 7 aromatic heterocycles. The van der Waals surface area contributed by atoms with E-state index in [0.29, 0.717) is 0 Å². The molecule has 0 saturated heterocycles. The zero-order valence-corrected chi connectivity index (χ0v) is 79.1.